The number of hydrogen-bond donors (Lipinski definition) is 1. The molecule has 1 aliphatic rings. The monoisotopic (exact) mass is 340 g/mol. The molecule has 1 aliphatic heterocycles. The van der Waals surface area contributed by atoms with Crippen molar-refractivity contribution in [3.8, 4) is 0 Å². The highest BCUT2D eigenvalue weighted by Gasteiger charge is 2.12. The first-order valence-electron chi connectivity index (χ1n) is 8.49. The number of anilines is 2. The third kappa shape index (κ3) is 4.54. The van der Waals surface area contributed by atoms with Crippen LogP contribution in [0.1, 0.15) is 24.0 Å². The van der Waals surface area contributed by atoms with E-state index >= 15 is 0 Å². The maximum atomic E-state index is 12.1. The first-order valence-corrected chi connectivity index (χ1v) is 9.65. The van der Waals surface area contributed by atoms with Gasteiger partial charge in [-0.05, 0) is 55.2 Å². The molecule has 0 radical (unpaired) electrons. The summed E-state index contributed by atoms with van der Waals surface area (Å²) in [5, 5.41) is 2.98. The topological polar surface area (TPSA) is 32.3 Å². The normalized spacial score (nSPS) is 14.0. The van der Waals surface area contributed by atoms with E-state index in [1.165, 1.54) is 29.7 Å². The van der Waals surface area contributed by atoms with Gasteiger partial charge in [0, 0.05) is 30.2 Å². The van der Waals surface area contributed by atoms with Crippen molar-refractivity contribution >= 4 is 29.0 Å². The zero-order chi connectivity index (χ0) is 16.8. The molecule has 0 bridgehead atoms. The summed E-state index contributed by atoms with van der Waals surface area (Å²) < 4.78 is 0. The number of aryl methyl sites for hydroxylation is 1. The predicted octanol–water partition coefficient (Wildman–Crippen LogP) is 4.47. The van der Waals surface area contributed by atoms with E-state index in [2.05, 4.69) is 41.4 Å². The van der Waals surface area contributed by atoms with Gasteiger partial charge in [-0.25, -0.2) is 0 Å². The van der Waals surface area contributed by atoms with Crippen molar-refractivity contribution in [2.24, 2.45) is 0 Å². The fourth-order valence-corrected chi connectivity index (χ4v) is 3.86. The molecule has 24 heavy (non-hydrogen) atoms. The van der Waals surface area contributed by atoms with E-state index in [0.717, 1.165) is 24.5 Å². The minimum Gasteiger partial charge on any atom is -0.372 e. The fourth-order valence-electron chi connectivity index (χ4n) is 2.95. The number of rotatable bonds is 6. The molecule has 2 aromatic rings. The number of hydrogen-bond acceptors (Lipinski definition) is 3. The first kappa shape index (κ1) is 16.9. The molecule has 0 saturated carbocycles. The van der Waals surface area contributed by atoms with Crippen LogP contribution in [0, 0.1) is 6.92 Å². The molecule has 2 aromatic carbocycles. The second-order valence-corrected chi connectivity index (χ2v) is 7.19. The molecule has 0 spiro atoms. The summed E-state index contributed by atoms with van der Waals surface area (Å²) in [7, 11) is 0. The summed E-state index contributed by atoms with van der Waals surface area (Å²) >= 11 is 1.65. The number of carbonyl (C=O) groups excluding carboxylic acids is 1. The van der Waals surface area contributed by atoms with Gasteiger partial charge in [-0.2, -0.15) is 0 Å². The Morgan fingerprint density at radius 3 is 2.50 bits per heavy atom. The van der Waals surface area contributed by atoms with Gasteiger partial charge in [0.25, 0.3) is 0 Å². The molecule has 1 saturated heterocycles. The van der Waals surface area contributed by atoms with E-state index in [4.69, 9.17) is 0 Å². The Balaban J connectivity index is 1.45. The van der Waals surface area contributed by atoms with Gasteiger partial charge < -0.3 is 10.2 Å². The smallest absolute Gasteiger partial charge is 0.234 e. The van der Waals surface area contributed by atoms with Gasteiger partial charge in [-0.3, -0.25) is 4.79 Å². The Bertz CT molecular complexity index is 678. The molecule has 0 unspecified atom stereocenters. The van der Waals surface area contributed by atoms with Crippen molar-refractivity contribution in [3.63, 3.8) is 0 Å². The van der Waals surface area contributed by atoms with Crippen molar-refractivity contribution in [3.05, 3.63) is 59.7 Å². The summed E-state index contributed by atoms with van der Waals surface area (Å²) in [6.45, 7) is 4.39. The van der Waals surface area contributed by atoms with Crippen molar-refractivity contribution in [2.75, 3.05) is 29.1 Å². The van der Waals surface area contributed by atoms with Crippen LogP contribution < -0.4 is 10.2 Å². The van der Waals surface area contributed by atoms with Crippen LogP contribution in [0.2, 0.25) is 0 Å². The number of nitrogens with one attached hydrogen (secondary N) is 1. The fraction of sp³-hybridized carbons (Fsp3) is 0.350. The van der Waals surface area contributed by atoms with Crippen LogP contribution in [0.4, 0.5) is 11.4 Å². The SMILES string of the molecule is Cc1ccccc1CSCC(=O)Nc1ccc(N2CCCC2)cc1. The van der Waals surface area contributed by atoms with Gasteiger partial charge in [0.1, 0.15) is 0 Å². The summed E-state index contributed by atoms with van der Waals surface area (Å²) in [5.41, 5.74) is 4.70. The third-order valence-corrected chi connectivity index (χ3v) is 5.36. The second kappa shape index (κ2) is 8.25. The Morgan fingerprint density at radius 2 is 1.79 bits per heavy atom. The number of carbonyl (C=O) groups is 1. The van der Waals surface area contributed by atoms with Crippen molar-refractivity contribution in [1.82, 2.24) is 0 Å². The zero-order valence-corrected chi connectivity index (χ0v) is 14.9. The Kier molecular flexibility index (Phi) is 5.81. The molecule has 1 N–H and O–H groups in total. The molecule has 1 amide bonds. The molecule has 126 valence electrons. The molecule has 3 nitrogen and oxygen atoms in total. The predicted molar refractivity (Wildman–Crippen MR) is 104 cm³/mol. The second-order valence-electron chi connectivity index (χ2n) is 6.21. The standard InChI is InChI=1S/C20H24N2OS/c1-16-6-2-3-7-17(16)14-24-15-20(23)21-18-8-10-19(11-9-18)22-12-4-5-13-22/h2-3,6-11H,4-5,12-15H2,1H3,(H,21,23). The van der Waals surface area contributed by atoms with Crippen LogP contribution in [-0.2, 0) is 10.5 Å². The lowest BCUT2D eigenvalue weighted by molar-refractivity contribution is -0.113. The largest absolute Gasteiger partial charge is 0.372 e. The van der Waals surface area contributed by atoms with Crippen LogP contribution in [0.25, 0.3) is 0 Å². The lowest BCUT2D eigenvalue weighted by Gasteiger charge is -2.17. The number of nitrogens with zero attached hydrogens (tertiary/aromatic N) is 1. The Hall–Kier alpha value is -1.94. The van der Waals surface area contributed by atoms with Crippen LogP contribution in [0.15, 0.2) is 48.5 Å². The van der Waals surface area contributed by atoms with E-state index in [-0.39, 0.29) is 5.91 Å². The van der Waals surface area contributed by atoms with Gasteiger partial charge in [0.2, 0.25) is 5.91 Å². The molecule has 0 aliphatic carbocycles. The van der Waals surface area contributed by atoms with Gasteiger partial charge in [0.15, 0.2) is 0 Å². The van der Waals surface area contributed by atoms with Crippen LogP contribution in [0.5, 0.6) is 0 Å². The van der Waals surface area contributed by atoms with E-state index in [0.29, 0.717) is 5.75 Å². The van der Waals surface area contributed by atoms with Crippen LogP contribution in [0.3, 0.4) is 0 Å². The summed E-state index contributed by atoms with van der Waals surface area (Å²) in [5.74, 6) is 1.40. The van der Waals surface area contributed by atoms with Crippen LogP contribution >= 0.6 is 11.8 Å². The molecular formula is C20H24N2OS. The lowest BCUT2D eigenvalue weighted by atomic mass is 10.1. The number of thioether (sulfide) groups is 1. The highest BCUT2D eigenvalue weighted by molar-refractivity contribution is 7.99. The lowest BCUT2D eigenvalue weighted by Crippen LogP contribution is -2.18. The minimum absolute atomic E-state index is 0.0579. The molecule has 3 rings (SSSR count). The van der Waals surface area contributed by atoms with Crippen molar-refractivity contribution < 1.29 is 4.79 Å². The summed E-state index contributed by atoms with van der Waals surface area (Å²) in [6, 6.07) is 16.5. The molecule has 0 atom stereocenters. The van der Waals surface area contributed by atoms with E-state index < -0.39 is 0 Å². The zero-order valence-electron chi connectivity index (χ0n) is 14.1. The van der Waals surface area contributed by atoms with Gasteiger partial charge in [-0.1, -0.05) is 24.3 Å². The molecule has 1 fully saturated rings. The van der Waals surface area contributed by atoms with Gasteiger partial charge in [-0.15, -0.1) is 11.8 Å². The quantitative estimate of drug-likeness (QED) is 0.842. The maximum Gasteiger partial charge on any atom is 0.234 e. The number of benzene rings is 2. The molecular weight excluding hydrogens is 316 g/mol. The maximum absolute atomic E-state index is 12.1. The summed E-state index contributed by atoms with van der Waals surface area (Å²) in [4.78, 5) is 14.5. The first-order chi connectivity index (χ1) is 11.7. The van der Waals surface area contributed by atoms with E-state index in [1.807, 2.05) is 24.3 Å². The van der Waals surface area contributed by atoms with Crippen LogP contribution in [-0.4, -0.2) is 24.7 Å². The third-order valence-electron chi connectivity index (χ3n) is 4.37. The average Bonchev–Trinajstić information content (AvgIpc) is 3.12. The van der Waals surface area contributed by atoms with Crippen molar-refractivity contribution in [2.45, 2.75) is 25.5 Å². The highest BCUT2D eigenvalue weighted by atomic mass is 32.2. The van der Waals surface area contributed by atoms with Crippen molar-refractivity contribution in [1.29, 1.82) is 0 Å². The Labute approximate surface area is 148 Å². The van der Waals surface area contributed by atoms with E-state index in [9.17, 15) is 4.79 Å². The van der Waals surface area contributed by atoms with Gasteiger partial charge >= 0.3 is 0 Å². The number of amides is 1. The molecule has 4 heteroatoms. The average molecular weight is 340 g/mol. The van der Waals surface area contributed by atoms with E-state index in [1.54, 1.807) is 11.8 Å². The molecule has 0 aromatic heterocycles. The minimum atomic E-state index is 0.0579. The molecule has 1 heterocycles. The summed E-state index contributed by atoms with van der Waals surface area (Å²) in [6.07, 6.45) is 2.55. The van der Waals surface area contributed by atoms with Gasteiger partial charge in [0.05, 0.1) is 5.75 Å². The Morgan fingerprint density at radius 1 is 1.08 bits per heavy atom. The highest BCUT2D eigenvalue weighted by Crippen LogP contribution is 2.22.